The Balaban J connectivity index is 1.67. The van der Waals surface area contributed by atoms with Crippen molar-refractivity contribution in [3.05, 3.63) is 62.5 Å². The summed E-state index contributed by atoms with van der Waals surface area (Å²) in [6.07, 6.45) is 2.14. The lowest BCUT2D eigenvalue weighted by molar-refractivity contribution is 0.289. The van der Waals surface area contributed by atoms with Crippen LogP contribution in [0.2, 0.25) is 5.02 Å². The Morgan fingerprint density at radius 1 is 1.17 bits per heavy atom. The number of hydrogen-bond acceptors (Lipinski definition) is 5. The summed E-state index contributed by atoms with van der Waals surface area (Å²) in [5.74, 6) is 1.44. The Morgan fingerprint density at radius 2 is 1.93 bits per heavy atom. The van der Waals surface area contributed by atoms with Gasteiger partial charge in [0.05, 0.1) is 23.7 Å². The average Bonchev–Trinajstić information content (AvgIpc) is 2.74. The number of anilines is 1. The zero-order valence-electron chi connectivity index (χ0n) is 16.9. The number of rotatable bonds is 5. The molecule has 0 atom stereocenters. The minimum absolute atomic E-state index is 0.328. The van der Waals surface area contributed by atoms with E-state index in [2.05, 4.69) is 11.8 Å². The molecule has 29 heavy (non-hydrogen) atoms. The molecule has 152 valence electrons. The number of fused-ring (bicyclic) bond motifs is 3. The van der Waals surface area contributed by atoms with Crippen LogP contribution in [0.25, 0.3) is 11.0 Å². The van der Waals surface area contributed by atoms with Gasteiger partial charge in [-0.3, -0.25) is 0 Å². The molecule has 0 saturated carbocycles. The number of nitrogens with zero attached hydrogens (tertiary/aromatic N) is 1. The summed E-state index contributed by atoms with van der Waals surface area (Å²) < 4.78 is 17.3. The Bertz CT molecular complexity index is 1100. The van der Waals surface area contributed by atoms with Crippen LogP contribution in [0.3, 0.4) is 0 Å². The lowest BCUT2D eigenvalue weighted by Crippen LogP contribution is -2.32. The van der Waals surface area contributed by atoms with Crippen molar-refractivity contribution in [1.29, 1.82) is 0 Å². The molecule has 0 spiro atoms. The van der Waals surface area contributed by atoms with Crippen LogP contribution in [0.15, 0.2) is 39.5 Å². The van der Waals surface area contributed by atoms with E-state index >= 15 is 0 Å². The fourth-order valence-corrected chi connectivity index (χ4v) is 3.80. The zero-order valence-corrected chi connectivity index (χ0v) is 17.6. The van der Waals surface area contributed by atoms with Crippen LogP contribution >= 0.6 is 11.6 Å². The quantitative estimate of drug-likeness (QED) is 0.402. The normalized spacial score (nSPS) is 13.3. The summed E-state index contributed by atoms with van der Waals surface area (Å²) >= 11 is 6.48. The monoisotopic (exact) mass is 413 g/mol. The standard InChI is InChI=1S/C23H24ClNO4/c1-4-5-10-27-17-8-6-16(7-9-17)25-12-19-21-18(11-20(24)22(19)28-13-25)14(2)15(3)23(26)29-21/h6-9,11H,4-5,10,12-13H2,1-3H3. The van der Waals surface area contributed by atoms with Crippen molar-refractivity contribution in [2.24, 2.45) is 0 Å². The molecule has 0 N–H and O–H groups in total. The van der Waals surface area contributed by atoms with Crippen molar-refractivity contribution in [3.8, 4) is 11.5 Å². The first-order valence-corrected chi connectivity index (χ1v) is 10.2. The maximum atomic E-state index is 12.3. The fourth-order valence-electron chi connectivity index (χ4n) is 3.52. The summed E-state index contributed by atoms with van der Waals surface area (Å²) in [5.41, 5.74) is 3.49. The average molecular weight is 414 g/mol. The van der Waals surface area contributed by atoms with E-state index in [4.69, 9.17) is 25.5 Å². The van der Waals surface area contributed by atoms with E-state index in [1.165, 1.54) is 0 Å². The van der Waals surface area contributed by atoms with Crippen LogP contribution < -0.4 is 20.0 Å². The molecule has 1 aliphatic rings. The Kier molecular flexibility index (Phi) is 5.41. The molecule has 0 bridgehead atoms. The van der Waals surface area contributed by atoms with Crippen LogP contribution in [0.1, 0.15) is 36.5 Å². The molecule has 2 heterocycles. The number of benzene rings is 2. The van der Waals surface area contributed by atoms with E-state index in [1.807, 2.05) is 37.3 Å². The molecule has 3 aromatic rings. The molecule has 2 aromatic carbocycles. The lowest BCUT2D eigenvalue weighted by Gasteiger charge is -2.31. The topological polar surface area (TPSA) is 51.9 Å². The second kappa shape index (κ2) is 7.99. The van der Waals surface area contributed by atoms with Gasteiger partial charge in [-0.2, -0.15) is 0 Å². The van der Waals surface area contributed by atoms with Crippen molar-refractivity contribution in [2.45, 2.75) is 40.2 Å². The number of ether oxygens (including phenoxy) is 2. The van der Waals surface area contributed by atoms with Crippen LogP contribution in [0, 0.1) is 13.8 Å². The summed E-state index contributed by atoms with van der Waals surface area (Å²) in [4.78, 5) is 14.3. The van der Waals surface area contributed by atoms with Gasteiger partial charge < -0.3 is 18.8 Å². The van der Waals surface area contributed by atoms with Crippen molar-refractivity contribution >= 4 is 28.3 Å². The number of hydrogen-bond donors (Lipinski definition) is 0. The highest BCUT2D eigenvalue weighted by molar-refractivity contribution is 6.33. The molecule has 1 aromatic heterocycles. The first-order chi connectivity index (χ1) is 14.0. The second-order valence-electron chi connectivity index (χ2n) is 7.35. The summed E-state index contributed by atoms with van der Waals surface area (Å²) in [6.45, 7) is 7.44. The molecule has 4 rings (SSSR count). The van der Waals surface area contributed by atoms with Crippen LogP contribution in [-0.2, 0) is 6.54 Å². The van der Waals surface area contributed by atoms with Gasteiger partial charge in [0.1, 0.15) is 17.1 Å². The SMILES string of the molecule is CCCCOc1ccc(N2COc3c(Cl)cc4c(C)c(C)c(=O)oc4c3C2)cc1. The van der Waals surface area contributed by atoms with E-state index in [-0.39, 0.29) is 5.63 Å². The van der Waals surface area contributed by atoms with Gasteiger partial charge in [0.25, 0.3) is 0 Å². The Hall–Kier alpha value is -2.66. The van der Waals surface area contributed by atoms with Crippen molar-refractivity contribution < 1.29 is 13.9 Å². The smallest absolute Gasteiger partial charge is 0.339 e. The maximum absolute atomic E-state index is 12.3. The second-order valence-corrected chi connectivity index (χ2v) is 7.76. The molecule has 0 aliphatic carbocycles. The molecule has 6 heteroatoms. The summed E-state index contributed by atoms with van der Waals surface area (Å²) in [6, 6.07) is 9.76. The highest BCUT2D eigenvalue weighted by Gasteiger charge is 2.25. The number of halogens is 1. The van der Waals surface area contributed by atoms with Gasteiger partial charge >= 0.3 is 5.63 Å². The van der Waals surface area contributed by atoms with Gasteiger partial charge in [-0.15, -0.1) is 0 Å². The lowest BCUT2D eigenvalue weighted by atomic mass is 10.0. The van der Waals surface area contributed by atoms with Crippen molar-refractivity contribution in [2.75, 3.05) is 18.2 Å². The highest BCUT2D eigenvalue weighted by Crippen LogP contribution is 2.40. The maximum Gasteiger partial charge on any atom is 0.339 e. The molecule has 0 amide bonds. The molecule has 0 saturated heterocycles. The van der Waals surface area contributed by atoms with Gasteiger partial charge in [0.15, 0.2) is 6.73 Å². The first kappa shape index (κ1) is 19.6. The largest absolute Gasteiger partial charge is 0.494 e. The van der Waals surface area contributed by atoms with Crippen LogP contribution in [-0.4, -0.2) is 13.3 Å². The third-order valence-electron chi connectivity index (χ3n) is 5.43. The highest BCUT2D eigenvalue weighted by atomic mass is 35.5. The van der Waals surface area contributed by atoms with E-state index in [0.29, 0.717) is 35.2 Å². The molecular weight excluding hydrogens is 390 g/mol. The number of aryl methyl sites for hydroxylation is 1. The fraction of sp³-hybridized carbons (Fsp3) is 0.348. The van der Waals surface area contributed by atoms with Gasteiger partial charge in [0, 0.05) is 16.6 Å². The van der Waals surface area contributed by atoms with Crippen LogP contribution in [0.4, 0.5) is 5.69 Å². The first-order valence-electron chi connectivity index (χ1n) is 9.85. The molecular formula is C23H24ClNO4. The predicted molar refractivity (Wildman–Crippen MR) is 115 cm³/mol. The summed E-state index contributed by atoms with van der Waals surface area (Å²) in [7, 11) is 0. The number of unbranched alkanes of at least 4 members (excludes halogenated alkanes) is 1. The Labute approximate surface area is 174 Å². The molecule has 5 nitrogen and oxygen atoms in total. The van der Waals surface area contributed by atoms with Gasteiger partial charge in [-0.25, -0.2) is 4.79 Å². The van der Waals surface area contributed by atoms with Gasteiger partial charge in [-0.1, -0.05) is 24.9 Å². The molecule has 0 radical (unpaired) electrons. The minimum Gasteiger partial charge on any atom is -0.494 e. The van der Waals surface area contributed by atoms with Crippen molar-refractivity contribution in [1.82, 2.24) is 0 Å². The third kappa shape index (κ3) is 3.67. The van der Waals surface area contributed by atoms with Gasteiger partial charge in [-0.05, 0) is 56.2 Å². The predicted octanol–water partition coefficient (Wildman–Crippen LogP) is 5.60. The van der Waals surface area contributed by atoms with Gasteiger partial charge in [0.2, 0.25) is 0 Å². The van der Waals surface area contributed by atoms with E-state index in [9.17, 15) is 4.79 Å². The zero-order chi connectivity index (χ0) is 20.5. The third-order valence-corrected chi connectivity index (χ3v) is 5.71. The van der Waals surface area contributed by atoms with E-state index in [0.717, 1.165) is 47.4 Å². The minimum atomic E-state index is -0.328. The van der Waals surface area contributed by atoms with Crippen LogP contribution in [0.5, 0.6) is 11.5 Å². The molecule has 1 aliphatic heterocycles. The Morgan fingerprint density at radius 3 is 2.66 bits per heavy atom. The van der Waals surface area contributed by atoms with Crippen molar-refractivity contribution in [3.63, 3.8) is 0 Å². The summed E-state index contributed by atoms with van der Waals surface area (Å²) in [5, 5.41) is 1.37. The molecule has 0 unspecified atom stereocenters. The van der Waals surface area contributed by atoms with E-state index in [1.54, 1.807) is 6.92 Å². The van der Waals surface area contributed by atoms with E-state index < -0.39 is 0 Å². The molecule has 0 fully saturated rings.